The van der Waals surface area contributed by atoms with E-state index in [1.165, 1.54) is 5.56 Å². The van der Waals surface area contributed by atoms with E-state index in [1.54, 1.807) is 6.20 Å². The van der Waals surface area contributed by atoms with Crippen LogP contribution < -0.4 is 10.2 Å². The predicted octanol–water partition coefficient (Wildman–Crippen LogP) is 3.29. The number of rotatable bonds is 7. The first-order valence-corrected chi connectivity index (χ1v) is 10.4. The number of carbonyl (C=O) groups is 2. The van der Waals surface area contributed by atoms with Crippen LogP contribution in [0.5, 0.6) is 0 Å². The summed E-state index contributed by atoms with van der Waals surface area (Å²) in [4.78, 5) is 26.7. The maximum Gasteiger partial charge on any atom is 0.228 e. The Balaban J connectivity index is 1.21. The van der Waals surface area contributed by atoms with Crippen LogP contribution in [0.15, 0.2) is 67.0 Å². The highest BCUT2D eigenvalue weighted by molar-refractivity contribution is 5.94. The van der Waals surface area contributed by atoms with Gasteiger partial charge >= 0.3 is 0 Å². The van der Waals surface area contributed by atoms with Crippen molar-refractivity contribution in [2.45, 2.75) is 32.1 Å². The molecule has 154 valence electrons. The van der Waals surface area contributed by atoms with E-state index in [9.17, 15) is 9.59 Å². The number of aryl methyl sites for hydroxylation is 2. The van der Waals surface area contributed by atoms with Gasteiger partial charge in [0.1, 0.15) is 0 Å². The highest BCUT2D eigenvalue weighted by Gasteiger charge is 2.21. The summed E-state index contributed by atoms with van der Waals surface area (Å²) in [5, 5.41) is 7.23. The number of amides is 2. The zero-order valence-electron chi connectivity index (χ0n) is 17.0. The van der Waals surface area contributed by atoms with Gasteiger partial charge in [-0.25, -0.2) is 4.68 Å². The molecule has 0 aliphatic carbocycles. The molecule has 6 nitrogen and oxygen atoms in total. The van der Waals surface area contributed by atoms with Gasteiger partial charge in [0.25, 0.3) is 0 Å². The van der Waals surface area contributed by atoms with Gasteiger partial charge < -0.3 is 10.2 Å². The minimum atomic E-state index is -0.0469. The maximum absolute atomic E-state index is 12.6. The Labute approximate surface area is 176 Å². The van der Waals surface area contributed by atoms with Crippen LogP contribution in [-0.2, 0) is 22.4 Å². The highest BCUT2D eigenvalue weighted by Crippen LogP contribution is 2.27. The second-order valence-corrected chi connectivity index (χ2v) is 7.51. The number of para-hydroxylation sites is 2. The Morgan fingerprint density at radius 2 is 1.80 bits per heavy atom. The molecule has 0 saturated carbocycles. The van der Waals surface area contributed by atoms with Crippen molar-refractivity contribution < 1.29 is 9.59 Å². The average Bonchev–Trinajstić information content (AvgIpc) is 3.27. The first-order valence-electron chi connectivity index (χ1n) is 10.4. The summed E-state index contributed by atoms with van der Waals surface area (Å²) < 4.78 is 1.81. The fourth-order valence-corrected chi connectivity index (χ4v) is 3.79. The van der Waals surface area contributed by atoms with Gasteiger partial charge in [0.2, 0.25) is 11.8 Å². The van der Waals surface area contributed by atoms with Gasteiger partial charge in [-0.1, -0.05) is 36.4 Å². The topological polar surface area (TPSA) is 67.2 Å². The van der Waals surface area contributed by atoms with Gasteiger partial charge in [-0.05, 0) is 48.6 Å². The number of hydrogen-bond acceptors (Lipinski definition) is 3. The Bertz CT molecular complexity index is 1010. The van der Waals surface area contributed by atoms with Crippen molar-refractivity contribution in [3.05, 3.63) is 78.1 Å². The second-order valence-electron chi connectivity index (χ2n) is 7.51. The molecule has 1 N–H and O–H groups in total. The van der Waals surface area contributed by atoms with E-state index in [2.05, 4.69) is 16.5 Å². The summed E-state index contributed by atoms with van der Waals surface area (Å²) in [5.41, 5.74) is 4.23. The van der Waals surface area contributed by atoms with Crippen LogP contribution in [-0.4, -0.2) is 34.7 Å². The van der Waals surface area contributed by atoms with E-state index in [4.69, 9.17) is 0 Å². The molecule has 1 aromatic heterocycles. The Hall–Kier alpha value is -3.41. The van der Waals surface area contributed by atoms with Crippen molar-refractivity contribution in [1.29, 1.82) is 0 Å². The maximum atomic E-state index is 12.6. The third-order valence-electron chi connectivity index (χ3n) is 5.37. The van der Waals surface area contributed by atoms with Gasteiger partial charge in [0.05, 0.1) is 11.9 Å². The molecule has 1 aliphatic heterocycles. The van der Waals surface area contributed by atoms with Gasteiger partial charge in [-0.15, -0.1) is 0 Å². The first-order chi connectivity index (χ1) is 14.7. The van der Waals surface area contributed by atoms with Crippen LogP contribution in [0.25, 0.3) is 5.69 Å². The van der Waals surface area contributed by atoms with Gasteiger partial charge in [0, 0.05) is 37.8 Å². The number of carbonyl (C=O) groups excluding carboxylic acids is 2. The van der Waals surface area contributed by atoms with E-state index in [0.29, 0.717) is 25.8 Å². The lowest BCUT2D eigenvalue weighted by molar-refractivity contribution is -0.121. The molecule has 0 spiro atoms. The van der Waals surface area contributed by atoms with Crippen LogP contribution in [0, 0.1) is 0 Å². The summed E-state index contributed by atoms with van der Waals surface area (Å²) in [5.74, 6) is 0.0147. The quantitative estimate of drug-likeness (QED) is 0.659. The molecule has 0 fully saturated rings. The zero-order valence-corrected chi connectivity index (χ0v) is 17.0. The van der Waals surface area contributed by atoms with E-state index < -0.39 is 0 Å². The molecule has 30 heavy (non-hydrogen) atoms. The van der Waals surface area contributed by atoms with Crippen molar-refractivity contribution >= 4 is 17.5 Å². The third-order valence-corrected chi connectivity index (χ3v) is 5.37. The van der Waals surface area contributed by atoms with Crippen LogP contribution in [0.2, 0.25) is 0 Å². The van der Waals surface area contributed by atoms with Crippen LogP contribution in [0.1, 0.15) is 30.4 Å². The summed E-state index contributed by atoms with van der Waals surface area (Å²) in [6.07, 6.45) is 7.03. The molecule has 3 aromatic rings. The molecule has 0 radical (unpaired) electrons. The fourth-order valence-electron chi connectivity index (χ4n) is 3.79. The number of nitrogens with one attached hydrogen (secondary N) is 1. The third kappa shape index (κ3) is 4.76. The summed E-state index contributed by atoms with van der Waals surface area (Å²) in [7, 11) is 0. The molecule has 0 unspecified atom stereocenters. The number of hydrogen-bond donors (Lipinski definition) is 1. The van der Waals surface area contributed by atoms with Crippen molar-refractivity contribution in [2.75, 3.05) is 18.0 Å². The van der Waals surface area contributed by atoms with Gasteiger partial charge in [0.15, 0.2) is 0 Å². The lowest BCUT2D eigenvalue weighted by Crippen LogP contribution is -2.37. The normalized spacial score (nSPS) is 13.0. The van der Waals surface area contributed by atoms with E-state index in [-0.39, 0.29) is 11.8 Å². The molecular weight excluding hydrogens is 376 g/mol. The molecule has 2 heterocycles. The lowest BCUT2D eigenvalue weighted by atomic mass is 10.0. The minimum absolute atomic E-state index is 0.0469. The van der Waals surface area contributed by atoms with Gasteiger partial charge in [-0.3, -0.25) is 9.59 Å². The van der Waals surface area contributed by atoms with E-state index >= 15 is 0 Å². The molecule has 0 atom stereocenters. The smallest absolute Gasteiger partial charge is 0.228 e. The molecule has 4 rings (SSSR count). The van der Waals surface area contributed by atoms with Crippen molar-refractivity contribution in [3.8, 4) is 5.69 Å². The number of nitrogens with zero attached hydrogens (tertiary/aromatic N) is 3. The number of benzene rings is 2. The zero-order chi connectivity index (χ0) is 20.8. The van der Waals surface area contributed by atoms with Crippen LogP contribution >= 0.6 is 0 Å². The molecule has 2 amide bonds. The van der Waals surface area contributed by atoms with Crippen molar-refractivity contribution in [2.24, 2.45) is 0 Å². The fraction of sp³-hybridized carbons (Fsp3) is 0.292. The van der Waals surface area contributed by atoms with E-state index in [0.717, 1.165) is 36.3 Å². The standard InChI is InChI=1S/C24H26N4O2/c29-23(13-12-19-17-26-28(18-19)21-9-2-1-3-10-21)25-15-14-24(30)27-16-6-8-20-7-4-5-11-22(20)27/h1-5,7,9-11,17-18H,6,8,12-16H2,(H,25,29). The van der Waals surface area contributed by atoms with Crippen LogP contribution in [0.3, 0.4) is 0 Å². The molecule has 6 heteroatoms. The molecular formula is C24H26N4O2. The lowest BCUT2D eigenvalue weighted by Gasteiger charge is -2.29. The second kappa shape index (κ2) is 9.39. The van der Waals surface area contributed by atoms with Crippen molar-refractivity contribution in [3.63, 3.8) is 0 Å². The molecule has 0 saturated heterocycles. The summed E-state index contributed by atoms with van der Waals surface area (Å²) >= 11 is 0. The number of aromatic nitrogens is 2. The number of fused-ring (bicyclic) bond motifs is 1. The van der Waals surface area contributed by atoms with Gasteiger partial charge in [-0.2, -0.15) is 5.10 Å². The van der Waals surface area contributed by atoms with E-state index in [1.807, 2.05) is 64.3 Å². The largest absolute Gasteiger partial charge is 0.356 e. The summed E-state index contributed by atoms with van der Waals surface area (Å²) in [6, 6.07) is 17.9. The Morgan fingerprint density at radius 3 is 2.67 bits per heavy atom. The molecule has 0 bridgehead atoms. The Kier molecular flexibility index (Phi) is 6.23. The SMILES string of the molecule is O=C(CCc1cnn(-c2ccccc2)c1)NCCC(=O)N1CCCc2ccccc21. The highest BCUT2D eigenvalue weighted by atomic mass is 16.2. The minimum Gasteiger partial charge on any atom is -0.356 e. The van der Waals surface area contributed by atoms with Crippen molar-refractivity contribution in [1.82, 2.24) is 15.1 Å². The first kappa shape index (κ1) is 19.9. The monoisotopic (exact) mass is 402 g/mol. The summed E-state index contributed by atoms with van der Waals surface area (Å²) in [6.45, 7) is 1.11. The Morgan fingerprint density at radius 1 is 1.00 bits per heavy atom. The number of anilines is 1. The average molecular weight is 402 g/mol. The molecule has 2 aromatic carbocycles. The molecule has 1 aliphatic rings. The van der Waals surface area contributed by atoms with Crippen LogP contribution in [0.4, 0.5) is 5.69 Å². The predicted molar refractivity (Wildman–Crippen MR) is 117 cm³/mol.